The number of fused-ring (bicyclic) bond motifs is 2. The van der Waals surface area contributed by atoms with Gasteiger partial charge in [0.25, 0.3) is 0 Å². The second-order valence-corrected chi connectivity index (χ2v) is 7.22. The fourth-order valence-electron chi connectivity index (χ4n) is 2.52. The standard InChI is InChI=1S/C17H18NOS/c1-18(2,3)11-12-7-6-9-14-16(19)13-8-4-5-10-15(13)20-17(12)14/h4-10H,11H2,1-3H3/q+1. The molecule has 0 aliphatic carbocycles. The van der Waals surface area contributed by atoms with E-state index >= 15 is 0 Å². The summed E-state index contributed by atoms with van der Waals surface area (Å²) < 4.78 is 3.05. The summed E-state index contributed by atoms with van der Waals surface area (Å²) in [5.74, 6) is 0. The number of hydrogen-bond donors (Lipinski definition) is 0. The van der Waals surface area contributed by atoms with E-state index in [9.17, 15) is 4.79 Å². The largest absolute Gasteiger partial charge is 0.327 e. The molecule has 0 amide bonds. The molecule has 0 aliphatic heterocycles. The molecule has 20 heavy (non-hydrogen) atoms. The molecule has 102 valence electrons. The van der Waals surface area contributed by atoms with Crippen molar-refractivity contribution in [2.45, 2.75) is 6.54 Å². The van der Waals surface area contributed by atoms with Crippen molar-refractivity contribution < 1.29 is 4.48 Å². The molecule has 1 aromatic heterocycles. The monoisotopic (exact) mass is 284 g/mol. The van der Waals surface area contributed by atoms with E-state index < -0.39 is 0 Å². The fraction of sp³-hybridized carbons (Fsp3) is 0.235. The van der Waals surface area contributed by atoms with Crippen LogP contribution in [0.2, 0.25) is 0 Å². The maximum atomic E-state index is 12.6. The van der Waals surface area contributed by atoms with Crippen LogP contribution in [0.5, 0.6) is 0 Å². The molecule has 1 heterocycles. The van der Waals surface area contributed by atoms with Gasteiger partial charge in [-0.15, -0.1) is 11.3 Å². The fourth-order valence-corrected chi connectivity index (χ4v) is 3.69. The second-order valence-electron chi connectivity index (χ2n) is 6.17. The summed E-state index contributed by atoms with van der Waals surface area (Å²) in [6, 6.07) is 13.9. The number of rotatable bonds is 2. The molecule has 3 heteroatoms. The Kier molecular flexibility index (Phi) is 3.11. The highest BCUT2D eigenvalue weighted by atomic mass is 32.1. The van der Waals surface area contributed by atoms with Crippen molar-refractivity contribution in [3.63, 3.8) is 0 Å². The molecule has 2 nitrogen and oxygen atoms in total. The van der Waals surface area contributed by atoms with Crippen LogP contribution >= 0.6 is 11.3 Å². The van der Waals surface area contributed by atoms with E-state index in [1.807, 2.05) is 36.4 Å². The molecule has 0 atom stereocenters. The maximum Gasteiger partial charge on any atom is 0.195 e. The molecule has 2 aromatic carbocycles. The van der Waals surface area contributed by atoms with Gasteiger partial charge in [-0.3, -0.25) is 4.79 Å². The smallest absolute Gasteiger partial charge is 0.195 e. The topological polar surface area (TPSA) is 17.1 Å². The predicted octanol–water partition coefficient (Wildman–Crippen LogP) is 3.62. The van der Waals surface area contributed by atoms with Crippen molar-refractivity contribution in [2.75, 3.05) is 21.1 Å². The minimum Gasteiger partial charge on any atom is -0.327 e. The third-order valence-electron chi connectivity index (χ3n) is 3.33. The minimum atomic E-state index is 0.151. The van der Waals surface area contributed by atoms with Gasteiger partial charge in [0.2, 0.25) is 0 Å². The van der Waals surface area contributed by atoms with Crippen molar-refractivity contribution in [3.05, 3.63) is 58.3 Å². The van der Waals surface area contributed by atoms with Gasteiger partial charge in [0.05, 0.1) is 21.1 Å². The van der Waals surface area contributed by atoms with Crippen LogP contribution in [-0.2, 0) is 6.54 Å². The highest BCUT2D eigenvalue weighted by molar-refractivity contribution is 7.24. The Morgan fingerprint density at radius 3 is 2.40 bits per heavy atom. The zero-order chi connectivity index (χ0) is 14.3. The zero-order valence-electron chi connectivity index (χ0n) is 12.0. The van der Waals surface area contributed by atoms with Crippen molar-refractivity contribution >= 4 is 31.5 Å². The molecular weight excluding hydrogens is 266 g/mol. The SMILES string of the molecule is C[N+](C)(C)Cc1cccc2c(=O)c3ccccc3sc12. The molecule has 0 saturated carbocycles. The molecule has 0 fully saturated rings. The Balaban J connectivity index is 2.37. The molecule has 0 aliphatic rings. The van der Waals surface area contributed by atoms with Gasteiger partial charge in [0, 0.05) is 25.7 Å². The number of benzene rings is 2. The Labute approximate surface area is 122 Å². The van der Waals surface area contributed by atoms with Gasteiger partial charge in [-0.05, 0) is 18.2 Å². The van der Waals surface area contributed by atoms with E-state index in [0.29, 0.717) is 0 Å². The molecule has 0 N–H and O–H groups in total. The third kappa shape index (κ3) is 2.35. The summed E-state index contributed by atoms with van der Waals surface area (Å²) in [4.78, 5) is 12.6. The first-order valence-corrected chi connectivity index (χ1v) is 7.51. The maximum absolute atomic E-state index is 12.6. The Morgan fingerprint density at radius 2 is 1.65 bits per heavy atom. The lowest BCUT2D eigenvalue weighted by Crippen LogP contribution is -2.33. The average Bonchev–Trinajstić information content (AvgIpc) is 2.39. The lowest BCUT2D eigenvalue weighted by Gasteiger charge is -2.24. The molecule has 3 rings (SSSR count). The first-order valence-electron chi connectivity index (χ1n) is 6.70. The van der Waals surface area contributed by atoms with Crippen molar-refractivity contribution in [1.29, 1.82) is 0 Å². The van der Waals surface area contributed by atoms with Crippen LogP contribution in [0, 0.1) is 0 Å². The Bertz CT molecular complexity index is 843. The highest BCUT2D eigenvalue weighted by Crippen LogP contribution is 2.28. The highest BCUT2D eigenvalue weighted by Gasteiger charge is 2.14. The van der Waals surface area contributed by atoms with Crippen molar-refractivity contribution in [2.24, 2.45) is 0 Å². The minimum absolute atomic E-state index is 0.151. The van der Waals surface area contributed by atoms with Gasteiger partial charge in [0.1, 0.15) is 6.54 Å². The summed E-state index contributed by atoms with van der Waals surface area (Å²) in [5, 5.41) is 1.67. The van der Waals surface area contributed by atoms with E-state index in [1.54, 1.807) is 11.3 Å². The van der Waals surface area contributed by atoms with E-state index in [1.165, 1.54) is 5.56 Å². The predicted molar refractivity (Wildman–Crippen MR) is 87.3 cm³/mol. The molecule has 0 saturated heterocycles. The van der Waals surface area contributed by atoms with Gasteiger partial charge in [-0.2, -0.15) is 0 Å². The van der Waals surface area contributed by atoms with Gasteiger partial charge in [-0.1, -0.05) is 24.3 Å². The quantitative estimate of drug-likeness (QED) is 0.519. The molecular formula is C17H18NOS+. The molecule has 0 spiro atoms. The van der Waals surface area contributed by atoms with Gasteiger partial charge in [-0.25, -0.2) is 0 Å². The Hall–Kier alpha value is -1.71. The summed E-state index contributed by atoms with van der Waals surface area (Å²) in [7, 11) is 6.51. The number of quaternary nitrogens is 1. The van der Waals surface area contributed by atoms with Gasteiger partial charge in [0.15, 0.2) is 5.43 Å². The lowest BCUT2D eigenvalue weighted by molar-refractivity contribution is -0.883. The van der Waals surface area contributed by atoms with E-state index in [-0.39, 0.29) is 5.43 Å². The first-order chi connectivity index (χ1) is 9.46. The Morgan fingerprint density at radius 1 is 0.950 bits per heavy atom. The van der Waals surface area contributed by atoms with Crippen molar-refractivity contribution in [3.8, 4) is 0 Å². The van der Waals surface area contributed by atoms with Crippen molar-refractivity contribution in [1.82, 2.24) is 0 Å². The summed E-state index contributed by atoms with van der Waals surface area (Å²) in [6.07, 6.45) is 0. The van der Waals surface area contributed by atoms with Crippen LogP contribution in [0.3, 0.4) is 0 Å². The average molecular weight is 284 g/mol. The van der Waals surface area contributed by atoms with Gasteiger partial charge < -0.3 is 4.48 Å². The van der Waals surface area contributed by atoms with E-state index in [2.05, 4.69) is 27.2 Å². The normalized spacial score (nSPS) is 12.2. The summed E-state index contributed by atoms with van der Waals surface area (Å²) >= 11 is 1.72. The van der Waals surface area contributed by atoms with Crippen LogP contribution in [0.4, 0.5) is 0 Å². The molecule has 0 radical (unpaired) electrons. The first kappa shape index (κ1) is 13.3. The van der Waals surface area contributed by atoms with Crippen LogP contribution < -0.4 is 5.43 Å². The molecule has 0 unspecified atom stereocenters. The molecule has 3 aromatic rings. The number of hydrogen-bond acceptors (Lipinski definition) is 2. The van der Waals surface area contributed by atoms with Gasteiger partial charge >= 0.3 is 0 Å². The second kappa shape index (κ2) is 4.69. The van der Waals surface area contributed by atoms with Crippen LogP contribution in [0.25, 0.3) is 20.2 Å². The lowest BCUT2D eigenvalue weighted by atomic mass is 10.1. The summed E-state index contributed by atoms with van der Waals surface area (Å²) in [6.45, 7) is 0.922. The van der Waals surface area contributed by atoms with Crippen LogP contribution in [0.1, 0.15) is 5.56 Å². The van der Waals surface area contributed by atoms with E-state index in [0.717, 1.165) is 31.2 Å². The number of nitrogens with zero attached hydrogens (tertiary/aromatic N) is 1. The summed E-state index contributed by atoms with van der Waals surface area (Å²) in [5.41, 5.74) is 1.40. The third-order valence-corrected chi connectivity index (χ3v) is 4.59. The zero-order valence-corrected chi connectivity index (χ0v) is 12.8. The van der Waals surface area contributed by atoms with E-state index in [4.69, 9.17) is 0 Å². The van der Waals surface area contributed by atoms with Crippen LogP contribution in [0.15, 0.2) is 47.3 Å². The molecule has 0 bridgehead atoms. The van der Waals surface area contributed by atoms with Crippen LogP contribution in [-0.4, -0.2) is 25.6 Å².